The average Bonchev–Trinajstić information content (AvgIpc) is 2.17. The van der Waals surface area contributed by atoms with Crippen LogP contribution in [-0.2, 0) is 0 Å². The molecule has 1 rings (SSSR count). The third-order valence-corrected chi connectivity index (χ3v) is 2.07. The summed E-state index contributed by atoms with van der Waals surface area (Å²) in [4.78, 5) is 9.97. The van der Waals surface area contributed by atoms with Gasteiger partial charge < -0.3 is 5.84 Å². The highest BCUT2D eigenvalue weighted by Crippen LogP contribution is 2.22. The molecule has 1 aromatic carbocycles. The molecule has 0 aromatic heterocycles. The molecule has 74 valence electrons. The van der Waals surface area contributed by atoms with Crippen molar-refractivity contribution in [2.75, 3.05) is 0 Å². The predicted molar refractivity (Wildman–Crippen MR) is 54.5 cm³/mol. The van der Waals surface area contributed by atoms with Crippen LogP contribution in [0.25, 0.3) is 0 Å². The Kier molecular flexibility index (Phi) is 3.03. The van der Waals surface area contributed by atoms with Crippen LogP contribution >= 0.6 is 11.6 Å². The minimum absolute atomic E-state index is 0.0348. The molecule has 2 N–H and O–H groups in total. The van der Waals surface area contributed by atoms with Gasteiger partial charge in [0.1, 0.15) is 0 Å². The van der Waals surface area contributed by atoms with E-state index >= 15 is 0 Å². The zero-order valence-corrected chi connectivity index (χ0v) is 8.15. The molecule has 0 aliphatic heterocycles. The van der Waals surface area contributed by atoms with Crippen LogP contribution in [0.5, 0.6) is 0 Å². The van der Waals surface area contributed by atoms with E-state index in [0.29, 0.717) is 16.3 Å². The minimum Gasteiger partial charge on any atom is -0.323 e. The number of nitro groups is 1. The largest absolute Gasteiger partial charge is 0.323 e. The van der Waals surface area contributed by atoms with Gasteiger partial charge in [-0.05, 0) is 13.0 Å². The average molecular weight is 214 g/mol. The third kappa shape index (κ3) is 2.00. The van der Waals surface area contributed by atoms with Gasteiger partial charge in [0.05, 0.1) is 15.7 Å². The zero-order chi connectivity index (χ0) is 10.7. The lowest BCUT2D eigenvalue weighted by atomic mass is 10.1. The van der Waals surface area contributed by atoms with E-state index in [1.165, 1.54) is 18.2 Å². The summed E-state index contributed by atoms with van der Waals surface area (Å²) >= 11 is 5.82. The summed E-state index contributed by atoms with van der Waals surface area (Å²) in [6, 6.07) is 4.12. The summed E-state index contributed by atoms with van der Waals surface area (Å²) in [6.45, 7) is 1.63. The lowest BCUT2D eigenvalue weighted by molar-refractivity contribution is -0.384. The lowest BCUT2D eigenvalue weighted by Crippen LogP contribution is -2.01. The van der Waals surface area contributed by atoms with Crippen LogP contribution in [0.1, 0.15) is 12.5 Å². The van der Waals surface area contributed by atoms with E-state index in [0.717, 1.165) is 0 Å². The second kappa shape index (κ2) is 4.06. The van der Waals surface area contributed by atoms with Gasteiger partial charge in [0, 0.05) is 17.7 Å². The maximum absolute atomic E-state index is 10.5. The van der Waals surface area contributed by atoms with E-state index in [1.54, 1.807) is 6.92 Å². The van der Waals surface area contributed by atoms with Crippen molar-refractivity contribution in [1.82, 2.24) is 0 Å². The van der Waals surface area contributed by atoms with Crippen LogP contribution in [0.4, 0.5) is 5.69 Å². The van der Waals surface area contributed by atoms with Crippen molar-refractivity contribution < 1.29 is 4.92 Å². The summed E-state index contributed by atoms with van der Waals surface area (Å²) in [5, 5.41) is 14.3. The summed E-state index contributed by atoms with van der Waals surface area (Å²) in [5.74, 6) is 5.06. The molecule has 5 nitrogen and oxygen atoms in total. The molecule has 0 spiro atoms. The molecule has 14 heavy (non-hydrogen) atoms. The molecule has 6 heteroatoms. The van der Waals surface area contributed by atoms with E-state index in [2.05, 4.69) is 5.10 Å². The maximum atomic E-state index is 10.5. The van der Waals surface area contributed by atoms with Crippen LogP contribution in [0.3, 0.4) is 0 Å². The van der Waals surface area contributed by atoms with Crippen molar-refractivity contribution in [3.8, 4) is 0 Å². The van der Waals surface area contributed by atoms with Crippen molar-refractivity contribution in [2.24, 2.45) is 10.9 Å². The fraction of sp³-hybridized carbons (Fsp3) is 0.125. The molecule has 0 radical (unpaired) electrons. The number of nitrogens with two attached hydrogens (primary N) is 1. The molecule has 0 bridgehead atoms. The van der Waals surface area contributed by atoms with Crippen molar-refractivity contribution in [3.63, 3.8) is 0 Å². The van der Waals surface area contributed by atoms with Crippen molar-refractivity contribution >= 4 is 23.0 Å². The normalized spacial score (nSPS) is 11.4. The number of benzene rings is 1. The predicted octanol–water partition coefficient (Wildman–Crippen LogP) is 1.93. The van der Waals surface area contributed by atoms with E-state index in [9.17, 15) is 10.1 Å². The first-order chi connectivity index (χ1) is 6.56. The smallest absolute Gasteiger partial charge is 0.270 e. The van der Waals surface area contributed by atoms with Gasteiger partial charge in [-0.15, -0.1) is 0 Å². The summed E-state index contributed by atoms with van der Waals surface area (Å²) in [6.07, 6.45) is 0. The minimum atomic E-state index is -0.496. The van der Waals surface area contributed by atoms with Gasteiger partial charge in [-0.2, -0.15) is 5.10 Å². The number of hydrogen-bond acceptors (Lipinski definition) is 4. The van der Waals surface area contributed by atoms with Crippen LogP contribution in [0, 0.1) is 10.1 Å². The molecule has 1 aromatic rings. The number of non-ortho nitro benzene ring substituents is 1. The number of halogens is 1. The molecular weight excluding hydrogens is 206 g/mol. The van der Waals surface area contributed by atoms with E-state index in [4.69, 9.17) is 17.4 Å². The van der Waals surface area contributed by atoms with Crippen LogP contribution in [0.2, 0.25) is 5.02 Å². The van der Waals surface area contributed by atoms with Gasteiger partial charge in [-0.1, -0.05) is 11.6 Å². The van der Waals surface area contributed by atoms with Crippen LogP contribution in [-0.4, -0.2) is 10.6 Å². The fourth-order valence-corrected chi connectivity index (χ4v) is 1.23. The summed E-state index contributed by atoms with van der Waals surface area (Å²) in [7, 11) is 0. The topological polar surface area (TPSA) is 81.5 Å². The van der Waals surface area contributed by atoms with Crippen LogP contribution in [0.15, 0.2) is 23.3 Å². The first-order valence-corrected chi connectivity index (χ1v) is 4.13. The van der Waals surface area contributed by atoms with Gasteiger partial charge in [0.2, 0.25) is 0 Å². The Morgan fingerprint density at radius 1 is 1.64 bits per heavy atom. The number of nitro benzene ring substituents is 1. The highest BCUT2D eigenvalue weighted by molar-refractivity contribution is 6.34. The molecular formula is C8H8ClN3O2. The molecule has 0 heterocycles. The van der Waals surface area contributed by atoms with Gasteiger partial charge in [-0.25, -0.2) is 0 Å². The monoisotopic (exact) mass is 213 g/mol. The summed E-state index contributed by atoms with van der Waals surface area (Å²) < 4.78 is 0. The van der Waals surface area contributed by atoms with Crippen molar-refractivity contribution in [1.29, 1.82) is 0 Å². The second-order valence-corrected chi connectivity index (χ2v) is 3.04. The van der Waals surface area contributed by atoms with E-state index in [-0.39, 0.29) is 5.69 Å². The first kappa shape index (κ1) is 10.5. The van der Waals surface area contributed by atoms with Crippen molar-refractivity contribution in [3.05, 3.63) is 38.9 Å². The van der Waals surface area contributed by atoms with E-state index < -0.39 is 4.92 Å². The molecule has 0 fully saturated rings. The number of nitrogens with zero attached hydrogens (tertiary/aromatic N) is 2. The molecule has 0 amide bonds. The van der Waals surface area contributed by atoms with Gasteiger partial charge in [0.25, 0.3) is 5.69 Å². The molecule has 0 saturated heterocycles. The van der Waals surface area contributed by atoms with Crippen molar-refractivity contribution in [2.45, 2.75) is 6.92 Å². The zero-order valence-electron chi connectivity index (χ0n) is 7.40. The Balaban J connectivity index is 3.28. The Labute approximate surface area is 85.3 Å². The first-order valence-electron chi connectivity index (χ1n) is 3.75. The Hall–Kier alpha value is -1.62. The Morgan fingerprint density at radius 2 is 2.29 bits per heavy atom. The number of rotatable bonds is 2. The lowest BCUT2D eigenvalue weighted by Gasteiger charge is -2.01. The van der Waals surface area contributed by atoms with Gasteiger partial charge in [-0.3, -0.25) is 10.1 Å². The highest BCUT2D eigenvalue weighted by atomic mass is 35.5. The van der Waals surface area contributed by atoms with Gasteiger partial charge >= 0.3 is 0 Å². The number of hydrogen-bond donors (Lipinski definition) is 1. The third-order valence-electron chi connectivity index (χ3n) is 1.74. The Morgan fingerprint density at radius 3 is 2.79 bits per heavy atom. The molecule has 0 unspecified atom stereocenters. The molecule has 0 aliphatic rings. The highest BCUT2D eigenvalue weighted by Gasteiger charge is 2.11. The molecule has 0 saturated carbocycles. The maximum Gasteiger partial charge on any atom is 0.270 e. The molecule has 0 atom stereocenters. The SMILES string of the molecule is C/C(=N/N)c1cc([N+](=O)[O-])ccc1Cl. The Bertz CT molecular complexity index is 404. The van der Waals surface area contributed by atoms with E-state index in [1.807, 2.05) is 0 Å². The summed E-state index contributed by atoms with van der Waals surface area (Å²) in [5.41, 5.74) is 0.898. The van der Waals surface area contributed by atoms with Gasteiger partial charge in [0.15, 0.2) is 0 Å². The quantitative estimate of drug-likeness (QED) is 0.353. The second-order valence-electron chi connectivity index (χ2n) is 2.64. The fourth-order valence-electron chi connectivity index (χ4n) is 0.974. The molecule has 0 aliphatic carbocycles. The van der Waals surface area contributed by atoms with Crippen LogP contribution < -0.4 is 5.84 Å². The standard InChI is InChI=1S/C8H8ClN3O2/c1-5(11-10)7-4-6(12(13)14)2-3-8(7)9/h2-4H,10H2,1H3/b11-5-. The number of hydrazone groups is 1.